The van der Waals surface area contributed by atoms with E-state index in [0.717, 1.165) is 0 Å². The van der Waals surface area contributed by atoms with Crippen LogP contribution in [0.3, 0.4) is 0 Å². The van der Waals surface area contributed by atoms with Gasteiger partial charge in [-0.1, -0.05) is 29.8 Å². The van der Waals surface area contributed by atoms with Gasteiger partial charge >= 0.3 is 0 Å². The topological polar surface area (TPSA) is 79.5 Å². The Balaban J connectivity index is 2.12. The van der Waals surface area contributed by atoms with Crippen LogP contribution in [0.4, 0.5) is 0 Å². The molecule has 0 aliphatic rings. The van der Waals surface area contributed by atoms with Gasteiger partial charge in [0.25, 0.3) is 10.0 Å². The Morgan fingerprint density at radius 3 is 2.58 bits per heavy atom. The van der Waals surface area contributed by atoms with Crippen LogP contribution >= 0.6 is 11.6 Å². The highest BCUT2D eigenvalue weighted by Gasteiger charge is 2.18. The van der Waals surface area contributed by atoms with Gasteiger partial charge in [-0.3, -0.25) is 0 Å². The summed E-state index contributed by atoms with van der Waals surface area (Å²) in [7, 11) is -3.75. The number of sulfonamides is 1. The van der Waals surface area contributed by atoms with E-state index in [9.17, 15) is 8.42 Å². The van der Waals surface area contributed by atoms with Gasteiger partial charge in [0, 0.05) is 11.6 Å². The lowest BCUT2D eigenvalue weighted by molar-refractivity contribution is 0.236. The summed E-state index contributed by atoms with van der Waals surface area (Å²) in [6, 6.07) is 9.64. The standard InChI is InChI=1S/C12H12ClNO4S/c13-11-4-2-1-3-9(11)7-14-19(16,17)12-6-5-10(8-15)18-12/h1-6,14-15H,7-8H2. The summed E-state index contributed by atoms with van der Waals surface area (Å²) in [5, 5.41) is 9.09. The van der Waals surface area contributed by atoms with Crippen molar-refractivity contribution < 1.29 is 17.9 Å². The molecule has 0 spiro atoms. The minimum absolute atomic E-state index is 0.0666. The highest BCUT2D eigenvalue weighted by atomic mass is 35.5. The lowest BCUT2D eigenvalue weighted by Crippen LogP contribution is -2.22. The summed E-state index contributed by atoms with van der Waals surface area (Å²) < 4.78 is 31.2. The van der Waals surface area contributed by atoms with Crippen molar-refractivity contribution in [1.82, 2.24) is 4.72 Å². The van der Waals surface area contributed by atoms with Crippen LogP contribution in [0.5, 0.6) is 0 Å². The molecule has 0 fully saturated rings. The quantitative estimate of drug-likeness (QED) is 0.884. The Bertz CT molecular complexity index is 666. The Kier molecular flexibility index (Phi) is 4.26. The number of halogens is 1. The summed E-state index contributed by atoms with van der Waals surface area (Å²) >= 11 is 5.93. The summed E-state index contributed by atoms with van der Waals surface area (Å²) in [6.45, 7) is -0.281. The summed E-state index contributed by atoms with van der Waals surface area (Å²) in [6.07, 6.45) is 0. The third kappa shape index (κ3) is 3.36. The number of rotatable bonds is 5. The smallest absolute Gasteiger partial charge is 0.274 e. The van der Waals surface area contributed by atoms with Crippen molar-refractivity contribution in [1.29, 1.82) is 0 Å². The lowest BCUT2D eigenvalue weighted by atomic mass is 10.2. The molecular weight excluding hydrogens is 290 g/mol. The number of nitrogens with one attached hydrogen (secondary N) is 1. The maximum atomic E-state index is 11.9. The fourth-order valence-corrected chi connectivity index (χ4v) is 2.63. The van der Waals surface area contributed by atoms with Gasteiger partial charge in [-0.2, -0.15) is 0 Å². The van der Waals surface area contributed by atoms with Crippen LogP contribution in [0, 0.1) is 0 Å². The number of aliphatic hydroxyl groups excluding tert-OH is 1. The lowest BCUT2D eigenvalue weighted by Gasteiger charge is -2.05. The number of hydrogen-bond donors (Lipinski definition) is 2. The molecule has 2 N–H and O–H groups in total. The van der Waals surface area contributed by atoms with Crippen LogP contribution in [-0.4, -0.2) is 13.5 Å². The van der Waals surface area contributed by atoms with E-state index in [4.69, 9.17) is 21.1 Å². The van der Waals surface area contributed by atoms with Crippen LogP contribution in [0.15, 0.2) is 45.9 Å². The molecule has 0 radical (unpaired) electrons. The van der Waals surface area contributed by atoms with Crippen molar-refractivity contribution in [3.63, 3.8) is 0 Å². The van der Waals surface area contributed by atoms with Crippen molar-refractivity contribution >= 4 is 21.6 Å². The molecule has 0 unspecified atom stereocenters. The molecule has 0 saturated heterocycles. The van der Waals surface area contributed by atoms with Gasteiger partial charge in [0.1, 0.15) is 12.4 Å². The molecule has 0 aliphatic heterocycles. The van der Waals surface area contributed by atoms with E-state index in [2.05, 4.69) is 4.72 Å². The predicted octanol–water partition coefficient (Wildman–Crippen LogP) is 1.90. The minimum atomic E-state index is -3.75. The largest absolute Gasteiger partial charge is 0.446 e. The number of aliphatic hydroxyl groups is 1. The fourth-order valence-electron chi connectivity index (χ4n) is 1.47. The van der Waals surface area contributed by atoms with Crippen molar-refractivity contribution in [2.75, 3.05) is 0 Å². The fraction of sp³-hybridized carbons (Fsp3) is 0.167. The third-order valence-electron chi connectivity index (χ3n) is 2.47. The number of hydrogen-bond acceptors (Lipinski definition) is 4. The van der Waals surface area contributed by atoms with Gasteiger partial charge in [-0.15, -0.1) is 0 Å². The molecule has 5 nitrogen and oxygen atoms in total. The second-order valence-electron chi connectivity index (χ2n) is 3.79. The second-order valence-corrected chi connectivity index (χ2v) is 5.90. The van der Waals surface area contributed by atoms with Crippen LogP contribution in [-0.2, 0) is 23.2 Å². The van der Waals surface area contributed by atoms with Gasteiger partial charge in [0.05, 0.1) is 0 Å². The maximum Gasteiger partial charge on any atom is 0.274 e. The predicted molar refractivity (Wildman–Crippen MR) is 70.1 cm³/mol. The van der Waals surface area contributed by atoms with Crippen molar-refractivity contribution in [2.45, 2.75) is 18.2 Å². The van der Waals surface area contributed by atoms with E-state index in [1.54, 1.807) is 24.3 Å². The zero-order valence-corrected chi connectivity index (χ0v) is 11.4. The molecule has 2 rings (SSSR count). The van der Waals surface area contributed by atoms with Gasteiger partial charge in [-0.05, 0) is 23.8 Å². The van der Waals surface area contributed by atoms with Crippen molar-refractivity contribution in [3.05, 3.63) is 52.7 Å². The van der Waals surface area contributed by atoms with Gasteiger partial charge in [0.15, 0.2) is 0 Å². The zero-order valence-electron chi connectivity index (χ0n) is 9.84. The van der Waals surface area contributed by atoms with E-state index in [1.807, 2.05) is 0 Å². The molecule has 7 heteroatoms. The van der Waals surface area contributed by atoms with E-state index in [0.29, 0.717) is 10.6 Å². The molecule has 102 valence electrons. The monoisotopic (exact) mass is 301 g/mol. The minimum Gasteiger partial charge on any atom is -0.446 e. The third-order valence-corrected chi connectivity index (χ3v) is 4.11. The van der Waals surface area contributed by atoms with Gasteiger partial charge in [-0.25, -0.2) is 13.1 Å². The molecule has 0 atom stereocenters. The molecule has 1 heterocycles. The molecule has 0 saturated carbocycles. The first-order chi connectivity index (χ1) is 9.03. The van der Waals surface area contributed by atoms with Gasteiger partial charge in [0.2, 0.25) is 5.09 Å². The summed E-state index contributed by atoms with van der Waals surface area (Å²) in [5.74, 6) is 0.193. The van der Waals surface area contributed by atoms with Crippen LogP contribution in [0.2, 0.25) is 5.02 Å². The normalized spacial score (nSPS) is 11.7. The molecule has 1 aromatic heterocycles. The SMILES string of the molecule is O=S(=O)(NCc1ccccc1Cl)c1ccc(CO)o1. The Labute approximate surface area is 115 Å². The Hall–Kier alpha value is -1.34. The molecule has 2 aromatic rings. The first kappa shape index (κ1) is 14.1. The van der Waals surface area contributed by atoms with E-state index in [1.165, 1.54) is 12.1 Å². The molecule has 19 heavy (non-hydrogen) atoms. The van der Waals surface area contributed by atoms with Crippen LogP contribution < -0.4 is 4.72 Å². The van der Waals surface area contributed by atoms with E-state index >= 15 is 0 Å². The highest BCUT2D eigenvalue weighted by Crippen LogP contribution is 2.17. The first-order valence-corrected chi connectivity index (χ1v) is 7.31. The van der Waals surface area contributed by atoms with E-state index < -0.39 is 10.0 Å². The Morgan fingerprint density at radius 2 is 1.95 bits per heavy atom. The molecule has 0 amide bonds. The zero-order chi connectivity index (χ0) is 13.9. The summed E-state index contributed by atoms with van der Waals surface area (Å²) in [4.78, 5) is 0. The molecule has 1 aromatic carbocycles. The van der Waals surface area contributed by atoms with Crippen molar-refractivity contribution in [3.8, 4) is 0 Å². The van der Waals surface area contributed by atoms with Crippen LogP contribution in [0.25, 0.3) is 0 Å². The maximum absolute atomic E-state index is 11.9. The highest BCUT2D eigenvalue weighted by molar-refractivity contribution is 7.89. The van der Waals surface area contributed by atoms with E-state index in [-0.39, 0.29) is 24.0 Å². The molecule has 0 aliphatic carbocycles. The average molecular weight is 302 g/mol. The second kappa shape index (κ2) is 5.75. The Morgan fingerprint density at radius 1 is 1.21 bits per heavy atom. The number of benzene rings is 1. The van der Waals surface area contributed by atoms with Crippen LogP contribution in [0.1, 0.15) is 11.3 Å². The average Bonchev–Trinajstić information content (AvgIpc) is 2.87. The summed E-state index contributed by atoms with van der Waals surface area (Å²) in [5.41, 5.74) is 0.668. The number of furan rings is 1. The van der Waals surface area contributed by atoms with Gasteiger partial charge < -0.3 is 9.52 Å². The first-order valence-electron chi connectivity index (χ1n) is 5.45. The molecular formula is C12H12ClNO4S. The molecule has 0 bridgehead atoms. The van der Waals surface area contributed by atoms with Crippen molar-refractivity contribution in [2.24, 2.45) is 0 Å².